The Kier molecular flexibility index (Phi) is 7.39. The SMILES string of the molecule is CCOC(=O)c1c(N/C=C(\C#N)c2nc(-c3ccc(F)cc3)cs2)sc2c1CC[C@@H](C(C)(C)C)C2. The zero-order chi connectivity index (χ0) is 25.2. The summed E-state index contributed by atoms with van der Waals surface area (Å²) < 4.78 is 18.6. The van der Waals surface area contributed by atoms with Gasteiger partial charge in [0.1, 0.15) is 27.5 Å². The van der Waals surface area contributed by atoms with Crippen molar-refractivity contribution in [3.63, 3.8) is 0 Å². The molecule has 0 fully saturated rings. The zero-order valence-corrected chi connectivity index (χ0v) is 21.9. The topological polar surface area (TPSA) is 75.0 Å². The fourth-order valence-corrected chi connectivity index (χ4v) is 6.36. The average Bonchev–Trinajstić information content (AvgIpc) is 3.44. The van der Waals surface area contributed by atoms with Crippen LogP contribution in [0.3, 0.4) is 0 Å². The molecule has 0 saturated heterocycles. The highest BCUT2D eigenvalue weighted by Gasteiger charge is 2.34. The molecule has 8 heteroatoms. The maximum atomic E-state index is 13.2. The molecule has 0 saturated carbocycles. The number of benzene rings is 1. The first-order valence-electron chi connectivity index (χ1n) is 11.6. The largest absolute Gasteiger partial charge is 0.462 e. The number of carbonyl (C=O) groups excluding carboxylic acids is 1. The molecule has 1 aliphatic rings. The molecule has 0 bridgehead atoms. The van der Waals surface area contributed by atoms with Crippen LogP contribution in [0.1, 0.15) is 59.9 Å². The first kappa shape index (κ1) is 25.1. The van der Waals surface area contributed by atoms with Crippen molar-refractivity contribution in [2.45, 2.75) is 47.0 Å². The van der Waals surface area contributed by atoms with Crippen LogP contribution in [0.4, 0.5) is 9.39 Å². The molecule has 0 spiro atoms. The van der Waals surface area contributed by atoms with E-state index in [-0.39, 0.29) is 17.2 Å². The molecule has 0 unspecified atom stereocenters. The summed E-state index contributed by atoms with van der Waals surface area (Å²) in [6.07, 6.45) is 4.41. The number of halogens is 1. The number of allylic oxidation sites excluding steroid dienone is 1. The van der Waals surface area contributed by atoms with Gasteiger partial charge in [0.05, 0.1) is 17.9 Å². The molecule has 0 amide bonds. The number of nitrogens with one attached hydrogen (secondary N) is 1. The van der Waals surface area contributed by atoms with E-state index in [2.05, 4.69) is 37.1 Å². The van der Waals surface area contributed by atoms with Crippen LogP contribution in [-0.2, 0) is 17.6 Å². The van der Waals surface area contributed by atoms with E-state index in [0.29, 0.717) is 39.4 Å². The van der Waals surface area contributed by atoms with Gasteiger partial charge in [0, 0.05) is 22.0 Å². The van der Waals surface area contributed by atoms with Crippen LogP contribution in [0.2, 0.25) is 0 Å². The Morgan fingerprint density at radius 3 is 2.74 bits per heavy atom. The normalized spacial score (nSPS) is 15.9. The third-order valence-corrected chi connectivity index (χ3v) is 8.37. The predicted octanol–water partition coefficient (Wildman–Crippen LogP) is 7.31. The van der Waals surface area contributed by atoms with Crippen molar-refractivity contribution in [3.8, 4) is 17.3 Å². The highest BCUT2D eigenvalue weighted by atomic mass is 32.1. The molecule has 1 atom stereocenters. The number of nitriles is 1. The van der Waals surface area contributed by atoms with Crippen molar-refractivity contribution in [2.75, 3.05) is 11.9 Å². The maximum Gasteiger partial charge on any atom is 0.341 e. The van der Waals surface area contributed by atoms with Crippen molar-refractivity contribution < 1.29 is 13.9 Å². The van der Waals surface area contributed by atoms with E-state index < -0.39 is 0 Å². The first-order valence-corrected chi connectivity index (χ1v) is 13.3. The number of hydrogen-bond donors (Lipinski definition) is 1. The van der Waals surface area contributed by atoms with E-state index in [1.165, 1.54) is 28.3 Å². The fourth-order valence-electron chi connectivity index (χ4n) is 4.28. The lowest BCUT2D eigenvalue weighted by molar-refractivity contribution is 0.0526. The number of esters is 1. The summed E-state index contributed by atoms with van der Waals surface area (Å²) in [6.45, 7) is 8.89. The lowest BCUT2D eigenvalue weighted by Crippen LogP contribution is -2.26. The monoisotopic (exact) mass is 509 g/mol. The number of ether oxygens (including phenoxy) is 1. The van der Waals surface area contributed by atoms with E-state index >= 15 is 0 Å². The van der Waals surface area contributed by atoms with Crippen LogP contribution in [0, 0.1) is 28.5 Å². The van der Waals surface area contributed by atoms with E-state index in [9.17, 15) is 14.4 Å². The third-order valence-electron chi connectivity index (χ3n) is 6.31. The van der Waals surface area contributed by atoms with Gasteiger partial charge in [0.2, 0.25) is 0 Å². The van der Waals surface area contributed by atoms with Gasteiger partial charge in [-0.05, 0) is 67.3 Å². The summed E-state index contributed by atoms with van der Waals surface area (Å²) in [7, 11) is 0. The molecule has 1 N–H and O–H groups in total. The van der Waals surface area contributed by atoms with E-state index in [1.807, 2.05) is 5.38 Å². The Hall–Kier alpha value is -3.02. The second-order valence-electron chi connectivity index (χ2n) is 9.59. The second-order valence-corrected chi connectivity index (χ2v) is 11.6. The van der Waals surface area contributed by atoms with Gasteiger partial charge >= 0.3 is 5.97 Å². The molecule has 182 valence electrons. The summed E-state index contributed by atoms with van der Waals surface area (Å²) in [4.78, 5) is 18.6. The van der Waals surface area contributed by atoms with Crippen molar-refractivity contribution in [2.24, 2.45) is 11.3 Å². The number of aromatic nitrogens is 1. The van der Waals surface area contributed by atoms with Gasteiger partial charge in [0.25, 0.3) is 0 Å². The quantitative estimate of drug-likeness (QED) is 0.278. The minimum Gasteiger partial charge on any atom is -0.462 e. The first-order chi connectivity index (χ1) is 16.7. The molecule has 0 aliphatic heterocycles. The van der Waals surface area contributed by atoms with Gasteiger partial charge in [-0.1, -0.05) is 20.8 Å². The summed E-state index contributed by atoms with van der Waals surface area (Å²) >= 11 is 2.91. The predicted molar refractivity (Wildman–Crippen MR) is 140 cm³/mol. The van der Waals surface area contributed by atoms with E-state index in [0.717, 1.165) is 30.4 Å². The van der Waals surface area contributed by atoms with Crippen LogP contribution >= 0.6 is 22.7 Å². The molecule has 5 nitrogen and oxygen atoms in total. The fraction of sp³-hybridized carbons (Fsp3) is 0.370. The zero-order valence-electron chi connectivity index (χ0n) is 20.3. The Bertz CT molecular complexity index is 1290. The Labute approximate surface area is 213 Å². The van der Waals surface area contributed by atoms with Crippen LogP contribution in [-0.4, -0.2) is 17.6 Å². The molecule has 2 aromatic heterocycles. The standard InChI is InChI=1S/C27H28FN3O2S2/c1-5-33-26(32)23-20-11-8-18(27(2,3)4)12-22(20)35-25(23)30-14-17(13-29)24-31-21(15-34-24)16-6-9-19(28)10-7-16/h6-7,9-10,14-15,18,30H,5,8,11-12H2,1-4H3/b17-14+/t18-/m1/s1. The highest BCUT2D eigenvalue weighted by molar-refractivity contribution is 7.16. The second kappa shape index (κ2) is 10.3. The van der Waals surface area contributed by atoms with Gasteiger partial charge < -0.3 is 10.1 Å². The van der Waals surface area contributed by atoms with Crippen molar-refractivity contribution >= 4 is 39.2 Å². The Morgan fingerprint density at radius 2 is 2.09 bits per heavy atom. The molecule has 2 heterocycles. The number of thiazole rings is 1. The third kappa shape index (κ3) is 5.47. The summed E-state index contributed by atoms with van der Waals surface area (Å²) in [5, 5.41) is 16.1. The van der Waals surface area contributed by atoms with Crippen molar-refractivity contribution in [3.05, 3.63) is 62.7 Å². The number of carbonyl (C=O) groups is 1. The molecule has 3 aromatic rings. The lowest BCUT2D eigenvalue weighted by atomic mass is 9.72. The van der Waals surface area contributed by atoms with Crippen LogP contribution in [0.5, 0.6) is 0 Å². The van der Waals surface area contributed by atoms with Gasteiger partial charge in [-0.3, -0.25) is 0 Å². The maximum absolute atomic E-state index is 13.2. The molecular weight excluding hydrogens is 481 g/mol. The highest BCUT2D eigenvalue weighted by Crippen LogP contribution is 2.44. The average molecular weight is 510 g/mol. The summed E-state index contributed by atoms with van der Waals surface area (Å²) in [5.41, 5.74) is 3.66. The van der Waals surface area contributed by atoms with Gasteiger partial charge in [-0.15, -0.1) is 22.7 Å². The molecular formula is C27H28FN3O2S2. The number of fused-ring (bicyclic) bond motifs is 1. The van der Waals surface area contributed by atoms with E-state index in [4.69, 9.17) is 4.74 Å². The van der Waals surface area contributed by atoms with Gasteiger partial charge in [-0.25, -0.2) is 14.2 Å². The minimum atomic E-state index is -0.332. The number of thiophene rings is 1. The Morgan fingerprint density at radius 1 is 1.34 bits per heavy atom. The summed E-state index contributed by atoms with van der Waals surface area (Å²) in [5.74, 6) is -0.0979. The minimum absolute atomic E-state index is 0.195. The van der Waals surface area contributed by atoms with Gasteiger partial charge in [0.15, 0.2) is 0 Å². The van der Waals surface area contributed by atoms with Crippen molar-refractivity contribution in [1.29, 1.82) is 5.26 Å². The molecule has 35 heavy (non-hydrogen) atoms. The van der Waals surface area contributed by atoms with Crippen molar-refractivity contribution in [1.82, 2.24) is 4.98 Å². The molecule has 1 aliphatic carbocycles. The van der Waals surface area contributed by atoms with Crippen LogP contribution in [0.15, 0.2) is 35.8 Å². The molecule has 1 aromatic carbocycles. The van der Waals surface area contributed by atoms with Crippen LogP contribution < -0.4 is 5.32 Å². The van der Waals surface area contributed by atoms with Crippen LogP contribution in [0.25, 0.3) is 16.8 Å². The molecule has 0 radical (unpaired) electrons. The molecule has 4 rings (SSSR count). The number of rotatable bonds is 6. The summed E-state index contributed by atoms with van der Waals surface area (Å²) in [6, 6.07) is 8.29. The smallest absolute Gasteiger partial charge is 0.341 e. The van der Waals surface area contributed by atoms with Gasteiger partial charge in [-0.2, -0.15) is 5.26 Å². The Balaban J connectivity index is 1.63. The van der Waals surface area contributed by atoms with E-state index in [1.54, 1.807) is 36.6 Å². The lowest BCUT2D eigenvalue weighted by Gasteiger charge is -2.33. The number of anilines is 1. The number of hydrogen-bond acceptors (Lipinski definition) is 7. The number of nitrogens with zero attached hydrogens (tertiary/aromatic N) is 2.